The Hall–Kier alpha value is -2.58. The van der Waals surface area contributed by atoms with Crippen molar-refractivity contribution in [1.29, 1.82) is 0 Å². The van der Waals surface area contributed by atoms with Gasteiger partial charge in [0.2, 0.25) is 5.75 Å². The van der Waals surface area contributed by atoms with E-state index >= 15 is 0 Å². The zero-order valence-corrected chi connectivity index (χ0v) is 16.5. The van der Waals surface area contributed by atoms with Crippen molar-refractivity contribution in [2.75, 3.05) is 28.4 Å². The molecule has 0 unspecified atom stereocenters. The van der Waals surface area contributed by atoms with Gasteiger partial charge in [-0.3, -0.25) is 4.79 Å². The number of hydrogen-bond donors (Lipinski definition) is 2. The number of carbonyl (C=O) groups excluding carboxylic acids is 1. The van der Waals surface area contributed by atoms with Crippen molar-refractivity contribution in [3.8, 4) is 17.2 Å². The first kappa shape index (κ1) is 21.5. The lowest BCUT2D eigenvalue weighted by Gasteiger charge is -2.13. The molecule has 8 heteroatoms. The van der Waals surface area contributed by atoms with Crippen LogP contribution in [-0.4, -0.2) is 45.7 Å². The molecule has 0 saturated heterocycles. The summed E-state index contributed by atoms with van der Waals surface area (Å²) in [5.41, 5.74) is 3.66. The first-order chi connectivity index (χ1) is 12.6. The summed E-state index contributed by atoms with van der Waals surface area (Å²) in [5, 5.41) is 11.0. The van der Waals surface area contributed by atoms with Crippen LogP contribution in [0.2, 0.25) is 0 Å². The zero-order valence-electron chi connectivity index (χ0n) is 14.9. The Labute approximate surface area is 160 Å². The molecule has 0 aliphatic rings. The Bertz CT molecular complexity index is 740. The Balaban J connectivity index is 0.00000163. The van der Waals surface area contributed by atoms with Crippen LogP contribution < -0.4 is 19.6 Å². The van der Waals surface area contributed by atoms with Crippen LogP contribution in [0.15, 0.2) is 46.0 Å². The van der Waals surface area contributed by atoms with Gasteiger partial charge in [0.25, 0.3) is 5.91 Å². The van der Waals surface area contributed by atoms with E-state index in [0.717, 1.165) is 17.1 Å². The molecule has 2 aromatic rings. The number of halogens is 1. The van der Waals surface area contributed by atoms with Gasteiger partial charge in [-0.2, -0.15) is 5.10 Å². The maximum atomic E-state index is 12.3. The molecule has 0 spiro atoms. The topological polar surface area (TPSA) is 89.4 Å². The van der Waals surface area contributed by atoms with Gasteiger partial charge >= 0.3 is 0 Å². The molecule has 2 N–H and O–H groups in total. The van der Waals surface area contributed by atoms with E-state index in [2.05, 4.69) is 26.5 Å². The lowest BCUT2D eigenvalue weighted by Crippen LogP contribution is -2.18. The summed E-state index contributed by atoms with van der Waals surface area (Å²) in [6, 6.07) is 10.7. The Morgan fingerprint density at radius 2 is 1.65 bits per heavy atom. The van der Waals surface area contributed by atoms with Crippen molar-refractivity contribution >= 4 is 28.1 Å². The number of methoxy groups -OCH3 is 3. The second-order valence-corrected chi connectivity index (χ2v) is 5.49. The van der Waals surface area contributed by atoms with Crippen LogP contribution in [0.3, 0.4) is 0 Å². The summed E-state index contributed by atoms with van der Waals surface area (Å²) < 4.78 is 16.6. The molecule has 0 radical (unpaired) electrons. The molecule has 0 heterocycles. The quantitative estimate of drug-likeness (QED) is 0.549. The Morgan fingerprint density at radius 1 is 1.08 bits per heavy atom. The number of ether oxygens (including phenoxy) is 3. The molecular weight excluding hydrogens is 404 g/mol. The van der Waals surface area contributed by atoms with Gasteiger partial charge in [0, 0.05) is 22.7 Å². The number of hydrogen-bond acceptors (Lipinski definition) is 6. The summed E-state index contributed by atoms with van der Waals surface area (Å²) in [4.78, 5) is 12.3. The third kappa shape index (κ3) is 5.47. The average Bonchev–Trinajstić information content (AvgIpc) is 2.69. The van der Waals surface area contributed by atoms with Crippen molar-refractivity contribution in [3.05, 3.63) is 52.0 Å². The highest BCUT2D eigenvalue weighted by atomic mass is 79.9. The van der Waals surface area contributed by atoms with E-state index in [0.29, 0.717) is 22.8 Å². The number of aliphatic hydroxyl groups excluding tert-OH is 1. The molecule has 0 bridgehead atoms. The van der Waals surface area contributed by atoms with Crippen molar-refractivity contribution < 1.29 is 24.1 Å². The van der Waals surface area contributed by atoms with E-state index in [9.17, 15) is 4.79 Å². The van der Waals surface area contributed by atoms with Crippen LogP contribution in [0.4, 0.5) is 0 Å². The molecule has 2 aromatic carbocycles. The number of aliphatic hydroxyl groups is 1. The molecule has 0 aromatic heterocycles. The second-order valence-electron chi connectivity index (χ2n) is 4.63. The van der Waals surface area contributed by atoms with Crippen LogP contribution in [0.5, 0.6) is 17.2 Å². The molecule has 2 rings (SSSR count). The predicted octanol–water partition coefficient (Wildman–Crippen LogP) is 2.85. The largest absolute Gasteiger partial charge is 0.493 e. The van der Waals surface area contributed by atoms with Gasteiger partial charge in [0.05, 0.1) is 27.5 Å². The minimum Gasteiger partial charge on any atom is -0.493 e. The first-order valence-corrected chi connectivity index (χ1v) is 8.22. The van der Waals surface area contributed by atoms with Crippen LogP contribution in [0.25, 0.3) is 0 Å². The smallest absolute Gasteiger partial charge is 0.271 e. The van der Waals surface area contributed by atoms with Gasteiger partial charge in [-0.1, -0.05) is 34.1 Å². The number of hydrazone groups is 1. The standard InChI is InChI=1S/C17H17BrN2O4.CH4O/c1-22-14-8-12(9-15(23-2)16(14)24-3)17(21)20-19-10-11-6-4-5-7-13(11)18;1-2/h4-10H,1-3H3,(H,20,21);2H,1H3/b19-10+;. The lowest BCUT2D eigenvalue weighted by molar-refractivity contribution is 0.0954. The number of amides is 1. The SMILES string of the molecule is CO.COc1cc(C(=O)N/N=C/c2ccccc2Br)cc(OC)c1OC. The normalized spacial score (nSPS) is 9.92. The summed E-state index contributed by atoms with van der Waals surface area (Å²) >= 11 is 3.41. The third-order valence-corrected chi connectivity index (χ3v) is 3.92. The van der Waals surface area contributed by atoms with Crippen LogP contribution in [0.1, 0.15) is 15.9 Å². The first-order valence-electron chi connectivity index (χ1n) is 7.43. The number of nitrogens with one attached hydrogen (secondary N) is 1. The fourth-order valence-electron chi connectivity index (χ4n) is 2.02. The van der Waals surface area contributed by atoms with Gasteiger partial charge in [-0.15, -0.1) is 0 Å². The molecule has 7 nitrogen and oxygen atoms in total. The molecule has 26 heavy (non-hydrogen) atoms. The molecule has 0 saturated carbocycles. The minimum absolute atomic E-state index is 0.341. The molecule has 0 fully saturated rings. The molecule has 1 amide bonds. The number of carbonyl (C=O) groups is 1. The molecule has 0 atom stereocenters. The monoisotopic (exact) mass is 424 g/mol. The number of benzene rings is 2. The van der Waals surface area contributed by atoms with E-state index < -0.39 is 5.91 Å². The maximum absolute atomic E-state index is 12.3. The van der Waals surface area contributed by atoms with Crippen molar-refractivity contribution in [2.45, 2.75) is 0 Å². The number of nitrogens with zero attached hydrogens (tertiary/aromatic N) is 1. The van der Waals surface area contributed by atoms with Crippen molar-refractivity contribution in [1.82, 2.24) is 5.43 Å². The summed E-state index contributed by atoms with van der Waals surface area (Å²) in [6.45, 7) is 0. The number of rotatable bonds is 6. The fraction of sp³-hybridized carbons (Fsp3) is 0.222. The van der Waals surface area contributed by atoms with Crippen molar-refractivity contribution in [2.24, 2.45) is 5.10 Å². The summed E-state index contributed by atoms with van der Waals surface area (Å²) in [5.74, 6) is 0.833. The second kappa shape index (κ2) is 11.1. The van der Waals surface area contributed by atoms with Crippen LogP contribution >= 0.6 is 15.9 Å². The van der Waals surface area contributed by atoms with E-state index in [1.165, 1.54) is 21.3 Å². The van der Waals surface area contributed by atoms with Crippen molar-refractivity contribution in [3.63, 3.8) is 0 Å². The highest BCUT2D eigenvalue weighted by molar-refractivity contribution is 9.10. The van der Waals surface area contributed by atoms with E-state index in [4.69, 9.17) is 19.3 Å². The van der Waals surface area contributed by atoms with Gasteiger partial charge in [-0.25, -0.2) is 5.43 Å². The van der Waals surface area contributed by atoms with E-state index in [1.807, 2.05) is 24.3 Å². The lowest BCUT2D eigenvalue weighted by atomic mass is 10.1. The molecule has 0 aliphatic carbocycles. The average molecular weight is 425 g/mol. The highest BCUT2D eigenvalue weighted by Crippen LogP contribution is 2.38. The highest BCUT2D eigenvalue weighted by Gasteiger charge is 2.16. The minimum atomic E-state index is -0.391. The fourth-order valence-corrected chi connectivity index (χ4v) is 2.40. The third-order valence-electron chi connectivity index (χ3n) is 3.20. The van der Waals surface area contributed by atoms with Gasteiger partial charge in [-0.05, 0) is 18.2 Å². The summed E-state index contributed by atoms with van der Waals surface area (Å²) in [6.07, 6.45) is 1.56. The zero-order chi connectivity index (χ0) is 19.5. The van der Waals surface area contributed by atoms with E-state index in [-0.39, 0.29) is 0 Å². The van der Waals surface area contributed by atoms with Gasteiger partial charge in [0.15, 0.2) is 11.5 Å². The van der Waals surface area contributed by atoms with Gasteiger partial charge in [0.1, 0.15) is 0 Å². The predicted molar refractivity (Wildman–Crippen MR) is 103 cm³/mol. The molecule has 0 aliphatic heterocycles. The van der Waals surface area contributed by atoms with Crippen LogP contribution in [0, 0.1) is 0 Å². The van der Waals surface area contributed by atoms with Gasteiger partial charge < -0.3 is 19.3 Å². The molecule has 140 valence electrons. The van der Waals surface area contributed by atoms with E-state index in [1.54, 1.807) is 18.3 Å². The summed E-state index contributed by atoms with van der Waals surface area (Å²) in [7, 11) is 5.48. The Kier molecular flexibility index (Phi) is 9.18. The maximum Gasteiger partial charge on any atom is 0.271 e. The Morgan fingerprint density at radius 3 is 2.15 bits per heavy atom. The molecular formula is C18H21BrN2O5. The van der Waals surface area contributed by atoms with Crippen LogP contribution in [-0.2, 0) is 0 Å².